The van der Waals surface area contributed by atoms with Crippen LogP contribution in [0.2, 0.25) is 0 Å². The predicted octanol–water partition coefficient (Wildman–Crippen LogP) is 2.06. The van der Waals surface area contributed by atoms with Gasteiger partial charge in [0.05, 0.1) is 0 Å². The van der Waals surface area contributed by atoms with Crippen molar-refractivity contribution >= 4 is 0 Å². The molecule has 76 valence electrons. The average Bonchev–Trinajstić information content (AvgIpc) is 2.17. The van der Waals surface area contributed by atoms with E-state index >= 15 is 0 Å². The molecular formula is C11H17N3. The van der Waals surface area contributed by atoms with Crippen molar-refractivity contribution in [2.45, 2.75) is 38.6 Å². The lowest BCUT2D eigenvalue weighted by Gasteiger charge is -2.40. The average molecular weight is 191 g/mol. The lowest BCUT2D eigenvalue weighted by atomic mass is 9.66. The van der Waals surface area contributed by atoms with Gasteiger partial charge < -0.3 is 5.73 Å². The Hall–Kier alpha value is -0.960. The molecule has 0 aliphatic heterocycles. The Labute approximate surface area is 84.8 Å². The summed E-state index contributed by atoms with van der Waals surface area (Å²) in [4.78, 5) is 7.98. The van der Waals surface area contributed by atoms with Gasteiger partial charge in [0.1, 0.15) is 6.33 Å². The summed E-state index contributed by atoms with van der Waals surface area (Å²) in [7, 11) is 0. The van der Waals surface area contributed by atoms with Crippen LogP contribution in [0.1, 0.15) is 44.2 Å². The second kappa shape index (κ2) is 3.65. The molecule has 1 fully saturated rings. The van der Waals surface area contributed by atoms with Gasteiger partial charge in [-0.2, -0.15) is 0 Å². The van der Waals surface area contributed by atoms with Crippen LogP contribution < -0.4 is 5.73 Å². The van der Waals surface area contributed by atoms with Gasteiger partial charge in [-0.1, -0.05) is 13.3 Å². The van der Waals surface area contributed by atoms with Gasteiger partial charge in [-0.15, -0.1) is 0 Å². The van der Waals surface area contributed by atoms with Crippen LogP contribution in [0.5, 0.6) is 0 Å². The van der Waals surface area contributed by atoms with E-state index in [1.807, 2.05) is 12.4 Å². The molecule has 0 bridgehead atoms. The zero-order valence-electron chi connectivity index (χ0n) is 8.61. The van der Waals surface area contributed by atoms with Gasteiger partial charge in [-0.05, 0) is 24.7 Å². The minimum Gasteiger partial charge on any atom is -0.324 e. The molecule has 3 heteroatoms. The first-order valence-corrected chi connectivity index (χ1v) is 5.20. The fraction of sp³-hybridized carbons (Fsp3) is 0.636. The molecule has 1 atom stereocenters. The van der Waals surface area contributed by atoms with Crippen LogP contribution in [-0.2, 0) is 0 Å². The Morgan fingerprint density at radius 2 is 2.07 bits per heavy atom. The van der Waals surface area contributed by atoms with E-state index in [1.165, 1.54) is 19.3 Å². The number of nitrogens with two attached hydrogens (primary N) is 1. The maximum atomic E-state index is 6.11. The van der Waals surface area contributed by atoms with Gasteiger partial charge in [0.25, 0.3) is 0 Å². The molecule has 1 unspecified atom stereocenters. The molecule has 1 heterocycles. The highest BCUT2D eigenvalue weighted by atomic mass is 14.8. The number of hydrogen-bond acceptors (Lipinski definition) is 3. The standard InChI is InChI=1S/C11H17N3/c1-11(3-2-4-11)5-10(12)9-6-13-8-14-7-9/h6-8,10H,2-5,12H2,1H3. The third-order valence-corrected chi connectivity index (χ3v) is 3.28. The van der Waals surface area contributed by atoms with Crippen LogP contribution in [0.25, 0.3) is 0 Å². The largest absolute Gasteiger partial charge is 0.324 e. The highest BCUT2D eigenvalue weighted by Gasteiger charge is 2.33. The molecule has 14 heavy (non-hydrogen) atoms. The normalized spacial score (nSPS) is 21.3. The Morgan fingerprint density at radius 1 is 1.43 bits per heavy atom. The first-order chi connectivity index (χ1) is 6.70. The van der Waals surface area contributed by atoms with Crippen molar-refractivity contribution in [3.8, 4) is 0 Å². The second-order valence-electron chi connectivity index (χ2n) is 4.65. The van der Waals surface area contributed by atoms with E-state index in [9.17, 15) is 0 Å². The van der Waals surface area contributed by atoms with Crippen molar-refractivity contribution in [3.05, 3.63) is 24.3 Å². The molecule has 3 nitrogen and oxygen atoms in total. The Bertz CT molecular complexity index is 293. The van der Waals surface area contributed by atoms with E-state index in [0.29, 0.717) is 5.41 Å². The van der Waals surface area contributed by atoms with Crippen molar-refractivity contribution in [2.75, 3.05) is 0 Å². The van der Waals surface area contributed by atoms with Gasteiger partial charge in [-0.25, -0.2) is 9.97 Å². The molecule has 0 spiro atoms. The molecule has 0 saturated heterocycles. The second-order valence-corrected chi connectivity index (χ2v) is 4.65. The van der Waals surface area contributed by atoms with Gasteiger partial charge >= 0.3 is 0 Å². The van der Waals surface area contributed by atoms with Crippen LogP contribution >= 0.6 is 0 Å². The van der Waals surface area contributed by atoms with E-state index in [-0.39, 0.29) is 6.04 Å². The Kier molecular flexibility index (Phi) is 2.50. The molecule has 0 radical (unpaired) electrons. The molecule has 1 aliphatic carbocycles. The zero-order valence-corrected chi connectivity index (χ0v) is 8.61. The van der Waals surface area contributed by atoms with Gasteiger partial charge in [0, 0.05) is 24.0 Å². The van der Waals surface area contributed by atoms with E-state index < -0.39 is 0 Å². The van der Waals surface area contributed by atoms with Gasteiger partial charge in [-0.3, -0.25) is 0 Å². The monoisotopic (exact) mass is 191 g/mol. The van der Waals surface area contributed by atoms with Crippen LogP contribution in [-0.4, -0.2) is 9.97 Å². The summed E-state index contributed by atoms with van der Waals surface area (Å²) in [5.41, 5.74) is 7.63. The molecule has 1 aromatic heterocycles. The summed E-state index contributed by atoms with van der Waals surface area (Å²) < 4.78 is 0. The summed E-state index contributed by atoms with van der Waals surface area (Å²) in [6.07, 6.45) is 10.2. The topological polar surface area (TPSA) is 51.8 Å². The fourth-order valence-corrected chi connectivity index (χ4v) is 2.14. The highest BCUT2D eigenvalue weighted by molar-refractivity contribution is 5.09. The van der Waals surface area contributed by atoms with E-state index in [1.54, 1.807) is 6.33 Å². The van der Waals surface area contributed by atoms with Crippen LogP contribution in [0, 0.1) is 5.41 Å². The minimum absolute atomic E-state index is 0.0986. The van der Waals surface area contributed by atoms with E-state index in [4.69, 9.17) is 5.73 Å². The Balaban J connectivity index is 1.99. The zero-order chi connectivity index (χ0) is 10.0. The number of hydrogen-bond donors (Lipinski definition) is 1. The molecule has 1 aliphatic rings. The lowest BCUT2D eigenvalue weighted by molar-refractivity contribution is 0.134. The molecule has 0 aromatic carbocycles. The van der Waals surface area contributed by atoms with Crippen molar-refractivity contribution in [1.29, 1.82) is 0 Å². The number of aromatic nitrogens is 2. The number of nitrogens with zero attached hydrogens (tertiary/aromatic N) is 2. The summed E-state index contributed by atoms with van der Waals surface area (Å²) in [6, 6.07) is 0.0986. The fourth-order valence-electron chi connectivity index (χ4n) is 2.14. The third kappa shape index (κ3) is 1.93. The smallest absolute Gasteiger partial charge is 0.115 e. The Morgan fingerprint density at radius 3 is 2.57 bits per heavy atom. The summed E-state index contributed by atoms with van der Waals surface area (Å²) >= 11 is 0. The highest BCUT2D eigenvalue weighted by Crippen LogP contribution is 2.45. The molecule has 1 aromatic rings. The van der Waals surface area contributed by atoms with E-state index in [0.717, 1.165) is 12.0 Å². The third-order valence-electron chi connectivity index (χ3n) is 3.28. The SMILES string of the molecule is CC1(CC(N)c2cncnc2)CCC1. The predicted molar refractivity (Wildman–Crippen MR) is 55.5 cm³/mol. The summed E-state index contributed by atoms with van der Waals surface area (Å²) in [5, 5.41) is 0. The van der Waals surface area contributed by atoms with Gasteiger partial charge in [0.2, 0.25) is 0 Å². The number of rotatable bonds is 3. The lowest BCUT2D eigenvalue weighted by Crippen LogP contribution is -2.30. The van der Waals surface area contributed by atoms with Crippen molar-refractivity contribution in [3.63, 3.8) is 0 Å². The van der Waals surface area contributed by atoms with Gasteiger partial charge in [0.15, 0.2) is 0 Å². The van der Waals surface area contributed by atoms with Crippen molar-refractivity contribution in [1.82, 2.24) is 9.97 Å². The summed E-state index contributed by atoms with van der Waals surface area (Å²) in [5.74, 6) is 0. The maximum absolute atomic E-state index is 6.11. The first-order valence-electron chi connectivity index (χ1n) is 5.20. The minimum atomic E-state index is 0.0986. The van der Waals surface area contributed by atoms with Crippen LogP contribution in [0.3, 0.4) is 0 Å². The summed E-state index contributed by atoms with van der Waals surface area (Å²) in [6.45, 7) is 2.32. The quantitative estimate of drug-likeness (QED) is 0.795. The molecule has 0 amide bonds. The van der Waals surface area contributed by atoms with Crippen LogP contribution in [0.4, 0.5) is 0 Å². The van der Waals surface area contributed by atoms with Crippen LogP contribution in [0.15, 0.2) is 18.7 Å². The maximum Gasteiger partial charge on any atom is 0.115 e. The molecule has 2 N–H and O–H groups in total. The van der Waals surface area contributed by atoms with Crippen molar-refractivity contribution in [2.24, 2.45) is 11.1 Å². The molecule has 1 saturated carbocycles. The molecule has 2 rings (SSSR count). The van der Waals surface area contributed by atoms with E-state index in [2.05, 4.69) is 16.9 Å². The molecular weight excluding hydrogens is 174 g/mol. The first kappa shape index (κ1) is 9.59. The van der Waals surface area contributed by atoms with Crippen molar-refractivity contribution < 1.29 is 0 Å².